The predicted molar refractivity (Wildman–Crippen MR) is 64.4 cm³/mol. The number of nitrogens with zero attached hydrogens (tertiary/aromatic N) is 2. The number of carboxylic acids is 1. The van der Waals surface area contributed by atoms with Crippen LogP contribution in [-0.4, -0.2) is 32.7 Å². The Hall–Kier alpha value is -1.01. The number of aliphatic carboxylic acids is 1. The number of aryl methyl sites for hydroxylation is 2. The maximum Gasteiger partial charge on any atom is 0.321 e. The van der Waals surface area contributed by atoms with Gasteiger partial charge in [0, 0.05) is 23.7 Å². The van der Waals surface area contributed by atoms with Crippen molar-refractivity contribution >= 4 is 17.7 Å². The molecule has 0 aliphatic heterocycles. The summed E-state index contributed by atoms with van der Waals surface area (Å²) >= 11 is 1.52. The van der Waals surface area contributed by atoms with Gasteiger partial charge in [-0.15, -0.1) is 0 Å². The molecule has 6 heteroatoms. The Labute approximate surface area is 99.0 Å². The van der Waals surface area contributed by atoms with Crippen LogP contribution in [0.2, 0.25) is 0 Å². The van der Waals surface area contributed by atoms with Crippen molar-refractivity contribution in [3.05, 3.63) is 17.5 Å². The van der Waals surface area contributed by atoms with Gasteiger partial charge in [-0.05, 0) is 19.9 Å². The molecule has 90 valence electrons. The third kappa shape index (κ3) is 3.53. The predicted octanol–water partition coefficient (Wildman–Crippen LogP) is 0.857. The lowest BCUT2D eigenvalue weighted by molar-refractivity contribution is -0.137. The summed E-state index contributed by atoms with van der Waals surface area (Å²) in [4.78, 5) is 10.5. The minimum absolute atomic E-state index is 0.420. The molecule has 16 heavy (non-hydrogen) atoms. The summed E-state index contributed by atoms with van der Waals surface area (Å²) in [5.41, 5.74) is 7.51. The van der Waals surface area contributed by atoms with Gasteiger partial charge in [-0.1, -0.05) is 0 Å². The second-order valence-electron chi connectivity index (χ2n) is 3.55. The average Bonchev–Trinajstić information content (AvgIpc) is 2.58. The van der Waals surface area contributed by atoms with Gasteiger partial charge in [0.25, 0.3) is 0 Å². The SMILES string of the molecule is CCn1nc(C)cc1CSCC(N)C(=O)O. The number of nitrogens with two attached hydrogens (primary N) is 1. The van der Waals surface area contributed by atoms with Gasteiger partial charge in [0.1, 0.15) is 6.04 Å². The van der Waals surface area contributed by atoms with Gasteiger partial charge in [0.2, 0.25) is 0 Å². The molecule has 5 nitrogen and oxygen atoms in total. The van der Waals surface area contributed by atoms with Crippen LogP contribution in [0.25, 0.3) is 0 Å². The van der Waals surface area contributed by atoms with Crippen molar-refractivity contribution in [3.63, 3.8) is 0 Å². The van der Waals surface area contributed by atoms with Crippen molar-refractivity contribution in [2.24, 2.45) is 5.73 Å². The summed E-state index contributed by atoms with van der Waals surface area (Å²) < 4.78 is 1.93. The van der Waals surface area contributed by atoms with E-state index in [-0.39, 0.29) is 0 Å². The number of hydrogen-bond acceptors (Lipinski definition) is 4. The summed E-state index contributed by atoms with van der Waals surface area (Å²) in [5.74, 6) is 0.214. The van der Waals surface area contributed by atoms with Gasteiger partial charge in [0.05, 0.1) is 5.69 Å². The third-order valence-electron chi connectivity index (χ3n) is 2.15. The highest BCUT2D eigenvalue weighted by Gasteiger charge is 2.12. The van der Waals surface area contributed by atoms with Crippen molar-refractivity contribution in [1.29, 1.82) is 0 Å². The van der Waals surface area contributed by atoms with Crippen molar-refractivity contribution in [1.82, 2.24) is 9.78 Å². The van der Waals surface area contributed by atoms with E-state index in [0.717, 1.165) is 23.7 Å². The third-order valence-corrected chi connectivity index (χ3v) is 3.24. The Morgan fingerprint density at radius 1 is 1.75 bits per heavy atom. The smallest absolute Gasteiger partial charge is 0.321 e. The van der Waals surface area contributed by atoms with E-state index >= 15 is 0 Å². The molecule has 1 heterocycles. The molecular weight excluding hydrogens is 226 g/mol. The van der Waals surface area contributed by atoms with E-state index < -0.39 is 12.0 Å². The normalized spacial score (nSPS) is 12.7. The number of rotatable bonds is 6. The average molecular weight is 243 g/mol. The number of carbonyl (C=O) groups is 1. The molecule has 0 saturated carbocycles. The van der Waals surface area contributed by atoms with Crippen LogP contribution in [0.1, 0.15) is 18.3 Å². The van der Waals surface area contributed by atoms with Gasteiger partial charge in [-0.25, -0.2) is 0 Å². The molecule has 1 aromatic rings. The lowest BCUT2D eigenvalue weighted by Gasteiger charge is -2.07. The number of aromatic nitrogens is 2. The Balaban J connectivity index is 2.45. The van der Waals surface area contributed by atoms with Gasteiger partial charge in [-0.2, -0.15) is 16.9 Å². The van der Waals surface area contributed by atoms with Crippen LogP contribution in [0.4, 0.5) is 0 Å². The standard InChI is InChI=1S/C10H17N3O2S/c1-3-13-8(4-7(2)12-13)5-16-6-9(11)10(14)15/h4,9H,3,5-6,11H2,1-2H3,(H,14,15). The Morgan fingerprint density at radius 2 is 2.44 bits per heavy atom. The van der Waals surface area contributed by atoms with Crippen molar-refractivity contribution in [3.8, 4) is 0 Å². The van der Waals surface area contributed by atoms with E-state index in [1.807, 2.05) is 24.6 Å². The van der Waals surface area contributed by atoms with Crippen LogP contribution in [0, 0.1) is 6.92 Å². The molecule has 1 aromatic heterocycles. The quantitative estimate of drug-likeness (QED) is 0.774. The van der Waals surface area contributed by atoms with E-state index in [1.165, 1.54) is 11.8 Å². The fraction of sp³-hybridized carbons (Fsp3) is 0.600. The highest BCUT2D eigenvalue weighted by Crippen LogP contribution is 2.14. The van der Waals surface area contributed by atoms with Gasteiger partial charge >= 0.3 is 5.97 Å². The molecule has 0 saturated heterocycles. The highest BCUT2D eigenvalue weighted by atomic mass is 32.2. The van der Waals surface area contributed by atoms with E-state index in [2.05, 4.69) is 5.10 Å². The zero-order valence-corrected chi connectivity index (χ0v) is 10.3. The van der Waals surface area contributed by atoms with Crippen LogP contribution in [-0.2, 0) is 17.1 Å². The molecule has 1 rings (SSSR count). The molecule has 0 radical (unpaired) electrons. The molecule has 3 N–H and O–H groups in total. The first-order valence-corrected chi connectivity index (χ1v) is 6.29. The van der Waals surface area contributed by atoms with Crippen LogP contribution in [0.5, 0.6) is 0 Å². The lowest BCUT2D eigenvalue weighted by Crippen LogP contribution is -2.32. The Morgan fingerprint density at radius 3 is 3.00 bits per heavy atom. The van der Waals surface area contributed by atoms with Crippen LogP contribution < -0.4 is 5.73 Å². The molecule has 0 spiro atoms. The molecule has 0 aliphatic carbocycles. The second kappa shape index (κ2) is 5.91. The minimum Gasteiger partial charge on any atom is -0.480 e. The molecule has 1 atom stereocenters. The van der Waals surface area contributed by atoms with Crippen LogP contribution in [0.15, 0.2) is 6.07 Å². The van der Waals surface area contributed by atoms with Gasteiger partial charge in [-0.3, -0.25) is 9.48 Å². The molecule has 1 unspecified atom stereocenters. The lowest BCUT2D eigenvalue weighted by atomic mass is 10.4. The van der Waals surface area contributed by atoms with Crippen molar-refractivity contribution in [2.75, 3.05) is 5.75 Å². The van der Waals surface area contributed by atoms with E-state index in [1.54, 1.807) is 0 Å². The monoisotopic (exact) mass is 243 g/mol. The highest BCUT2D eigenvalue weighted by molar-refractivity contribution is 7.98. The number of thioether (sulfide) groups is 1. The first-order chi connectivity index (χ1) is 7.54. The summed E-state index contributed by atoms with van der Waals surface area (Å²) in [7, 11) is 0. The molecule has 0 aliphatic rings. The van der Waals surface area contributed by atoms with E-state index in [0.29, 0.717) is 5.75 Å². The molecule has 0 fully saturated rings. The summed E-state index contributed by atoms with van der Waals surface area (Å²) in [6.07, 6.45) is 0. The zero-order chi connectivity index (χ0) is 12.1. The minimum atomic E-state index is -0.951. The van der Waals surface area contributed by atoms with E-state index in [4.69, 9.17) is 10.8 Å². The zero-order valence-electron chi connectivity index (χ0n) is 9.51. The van der Waals surface area contributed by atoms with Crippen molar-refractivity contribution < 1.29 is 9.90 Å². The fourth-order valence-electron chi connectivity index (χ4n) is 1.35. The first kappa shape index (κ1) is 13.1. The topological polar surface area (TPSA) is 81.1 Å². The Bertz CT molecular complexity index is 365. The molecule has 0 amide bonds. The number of carboxylic acid groups (broad SMARTS) is 1. The van der Waals surface area contributed by atoms with E-state index in [9.17, 15) is 4.79 Å². The van der Waals surface area contributed by atoms with Crippen LogP contribution >= 0.6 is 11.8 Å². The van der Waals surface area contributed by atoms with Gasteiger partial charge < -0.3 is 10.8 Å². The summed E-state index contributed by atoms with van der Waals surface area (Å²) in [5, 5.41) is 12.9. The summed E-state index contributed by atoms with van der Waals surface area (Å²) in [6.45, 7) is 4.81. The largest absolute Gasteiger partial charge is 0.480 e. The number of hydrogen-bond donors (Lipinski definition) is 2. The molecule has 0 bridgehead atoms. The Kier molecular flexibility index (Phi) is 4.82. The fourth-order valence-corrected chi connectivity index (χ4v) is 2.31. The second-order valence-corrected chi connectivity index (χ2v) is 4.58. The molecular formula is C10H17N3O2S. The molecule has 0 aromatic carbocycles. The summed E-state index contributed by atoms with van der Waals surface area (Å²) in [6, 6.07) is 1.23. The maximum atomic E-state index is 10.5. The van der Waals surface area contributed by atoms with Crippen LogP contribution in [0.3, 0.4) is 0 Å². The van der Waals surface area contributed by atoms with Gasteiger partial charge in [0.15, 0.2) is 0 Å². The van der Waals surface area contributed by atoms with Crippen molar-refractivity contribution in [2.45, 2.75) is 32.2 Å². The first-order valence-electron chi connectivity index (χ1n) is 5.14. The maximum absolute atomic E-state index is 10.5.